The first kappa shape index (κ1) is 8.80. The minimum Gasteiger partial charge on any atom is -0.451 e. The number of carbonyl (C=O) groups is 1. The van der Waals surface area contributed by atoms with E-state index >= 15 is 0 Å². The van der Waals surface area contributed by atoms with E-state index in [-0.39, 0.29) is 12.4 Å². The number of carbonyl (C=O) groups excluding carboxylic acids is 1. The van der Waals surface area contributed by atoms with Gasteiger partial charge in [-0.2, -0.15) is 0 Å². The first-order chi connectivity index (χ1) is 6.74. The molecule has 0 radical (unpaired) electrons. The fraction of sp³-hybridized carbons (Fsp3) is 0.222. The summed E-state index contributed by atoms with van der Waals surface area (Å²) in [6.45, 7) is 0.0518. The number of hydrogen-bond donors (Lipinski definition) is 0. The average Bonchev–Trinajstić information content (AvgIpc) is 2.56. The lowest BCUT2D eigenvalue weighted by Crippen LogP contribution is -2.18. The van der Waals surface area contributed by atoms with E-state index in [0.29, 0.717) is 5.75 Å². The third-order valence-electron chi connectivity index (χ3n) is 1.65. The second-order valence-electron chi connectivity index (χ2n) is 2.68. The van der Waals surface area contributed by atoms with Crippen LogP contribution in [0.15, 0.2) is 24.3 Å². The maximum atomic E-state index is 12.5. The van der Waals surface area contributed by atoms with Gasteiger partial charge in [-0.25, -0.2) is 9.18 Å². The Hall–Kier alpha value is -1.78. The van der Waals surface area contributed by atoms with E-state index in [1.165, 1.54) is 24.3 Å². The molecule has 1 unspecified atom stereocenters. The SMILES string of the molecule is O=C1OCC(Oc2ccc(F)cc2)O1. The van der Waals surface area contributed by atoms with Gasteiger partial charge in [-0.15, -0.1) is 0 Å². The molecule has 0 bridgehead atoms. The second-order valence-corrected chi connectivity index (χ2v) is 2.68. The van der Waals surface area contributed by atoms with Gasteiger partial charge in [0.1, 0.15) is 11.6 Å². The maximum Gasteiger partial charge on any atom is 0.511 e. The van der Waals surface area contributed by atoms with Gasteiger partial charge in [0.05, 0.1) is 0 Å². The molecule has 1 aliphatic rings. The van der Waals surface area contributed by atoms with Crippen LogP contribution < -0.4 is 4.74 Å². The number of rotatable bonds is 2. The molecule has 1 fully saturated rings. The van der Waals surface area contributed by atoms with Gasteiger partial charge in [0.25, 0.3) is 6.29 Å². The Balaban J connectivity index is 1.97. The molecule has 1 heterocycles. The van der Waals surface area contributed by atoms with Crippen LogP contribution in [-0.4, -0.2) is 19.1 Å². The Kier molecular flexibility index (Phi) is 2.22. The average molecular weight is 198 g/mol. The Labute approximate surface area is 79.2 Å². The van der Waals surface area contributed by atoms with E-state index in [9.17, 15) is 9.18 Å². The van der Waals surface area contributed by atoms with E-state index in [1.54, 1.807) is 0 Å². The van der Waals surface area contributed by atoms with Crippen LogP contribution in [0.1, 0.15) is 0 Å². The fourth-order valence-electron chi connectivity index (χ4n) is 1.03. The minimum absolute atomic E-state index is 0.0518. The molecule has 1 aromatic rings. The molecule has 0 aliphatic carbocycles. The van der Waals surface area contributed by atoms with Crippen LogP contribution in [0, 0.1) is 5.82 Å². The quantitative estimate of drug-likeness (QED) is 0.678. The summed E-state index contributed by atoms with van der Waals surface area (Å²) in [6, 6.07) is 5.41. The van der Waals surface area contributed by atoms with Crippen LogP contribution in [0.2, 0.25) is 0 Å². The van der Waals surface area contributed by atoms with Gasteiger partial charge in [0.15, 0.2) is 6.61 Å². The fourth-order valence-corrected chi connectivity index (χ4v) is 1.03. The first-order valence-corrected chi connectivity index (χ1v) is 4.00. The number of hydrogen-bond acceptors (Lipinski definition) is 4. The van der Waals surface area contributed by atoms with E-state index < -0.39 is 12.4 Å². The van der Waals surface area contributed by atoms with Crippen LogP contribution in [0.25, 0.3) is 0 Å². The van der Waals surface area contributed by atoms with Crippen molar-refractivity contribution in [2.24, 2.45) is 0 Å². The topological polar surface area (TPSA) is 44.8 Å². The molecule has 1 saturated heterocycles. The van der Waals surface area contributed by atoms with E-state index in [2.05, 4.69) is 9.47 Å². The van der Waals surface area contributed by atoms with Gasteiger partial charge in [0.2, 0.25) is 0 Å². The number of ether oxygens (including phenoxy) is 3. The maximum absolute atomic E-state index is 12.5. The summed E-state index contributed by atoms with van der Waals surface area (Å²) in [5.41, 5.74) is 0. The molecule has 0 aromatic heterocycles. The lowest BCUT2D eigenvalue weighted by Gasteiger charge is -2.09. The molecule has 14 heavy (non-hydrogen) atoms. The largest absolute Gasteiger partial charge is 0.511 e. The van der Waals surface area contributed by atoms with Crippen molar-refractivity contribution in [3.63, 3.8) is 0 Å². The molecule has 0 saturated carbocycles. The Morgan fingerprint density at radius 3 is 2.64 bits per heavy atom. The summed E-state index contributed by atoms with van der Waals surface area (Å²) in [5.74, 6) is 0.0757. The number of benzene rings is 1. The summed E-state index contributed by atoms with van der Waals surface area (Å²) in [5, 5.41) is 0. The molecule has 0 N–H and O–H groups in total. The van der Waals surface area contributed by atoms with E-state index in [1.807, 2.05) is 0 Å². The highest BCUT2D eigenvalue weighted by atomic mass is 19.1. The summed E-state index contributed by atoms with van der Waals surface area (Å²) < 4.78 is 26.8. The monoisotopic (exact) mass is 198 g/mol. The number of cyclic esters (lactones) is 2. The lowest BCUT2D eigenvalue weighted by molar-refractivity contribution is 0.00495. The Bertz CT molecular complexity index is 335. The predicted molar refractivity (Wildman–Crippen MR) is 43.2 cm³/mol. The van der Waals surface area contributed by atoms with E-state index in [0.717, 1.165) is 0 Å². The minimum atomic E-state index is -0.753. The molecule has 0 spiro atoms. The molecular weight excluding hydrogens is 191 g/mol. The van der Waals surface area contributed by atoms with Gasteiger partial charge in [-0.05, 0) is 24.3 Å². The molecule has 1 aliphatic heterocycles. The summed E-state index contributed by atoms with van der Waals surface area (Å²) >= 11 is 0. The zero-order valence-electron chi connectivity index (χ0n) is 7.10. The van der Waals surface area contributed by atoms with Gasteiger partial charge in [-0.1, -0.05) is 0 Å². The first-order valence-electron chi connectivity index (χ1n) is 4.00. The summed E-state index contributed by atoms with van der Waals surface area (Å²) in [4.78, 5) is 10.5. The molecular formula is C9H7FO4. The molecule has 1 atom stereocenters. The molecule has 0 amide bonds. The third-order valence-corrected chi connectivity index (χ3v) is 1.65. The molecule has 2 rings (SSSR count). The molecule has 74 valence electrons. The van der Waals surface area contributed by atoms with Crippen molar-refractivity contribution in [2.75, 3.05) is 6.61 Å². The van der Waals surface area contributed by atoms with Gasteiger partial charge < -0.3 is 14.2 Å². The van der Waals surface area contributed by atoms with Crippen LogP contribution in [0.5, 0.6) is 5.75 Å². The van der Waals surface area contributed by atoms with Gasteiger partial charge >= 0.3 is 6.16 Å². The van der Waals surface area contributed by atoms with E-state index in [4.69, 9.17) is 4.74 Å². The van der Waals surface area contributed by atoms with Crippen molar-refractivity contribution < 1.29 is 23.4 Å². The Morgan fingerprint density at radius 1 is 1.36 bits per heavy atom. The normalized spacial score (nSPS) is 20.1. The van der Waals surface area contributed by atoms with Gasteiger partial charge in [0, 0.05) is 0 Å². The smallest absolute Gasteiger partial charge is 0.451 e. The molecule has 4 nitrogen and oxygen atoms in total. The summed E-state index contributed by atoms with van der Waals surface area (Å²) in [7, 11) is 0. The van der Waals surface area contributed by atoms with Gasteiger partial charge in [-0.3, -0.25) is 0 Å². The molecule has 5 heteroatoms. The Morgan fingerprint density at radius 2 is 2.07 bits per heavy atom. The lowest BCUT2D eigenvalue weighted by atomic mass is 10.3. The second kappa shape index (κ2) is 3.53. The van der Waals surface area contributed by atoms with Crippen molar-refractivity contribution >= 4 is 6.16 Å². The third kappa shape index (κ3) is 1.93. The zero-order chi connectivity index (χ0) is 9.97. The highest BCUT2D eigenvalue weighted by Gasteiger charge is 2.26. The predicted octanol–water partition coefficient (Wildman–Crippen LogP) is 1.70. The number of halogens is 1. The highest BCUT2D eigenvalue weighted by Crippen LogP contribution is 2.16. The van der Waals surface area contributed by atoms with Crippen molar-refractivity contribution in [1.29, 1.82) is 0 Å². The van der Waals surface area contributed by atoms with Crippen molar-refractivity contribution in [2.45, 2.75) is 6.29 Å². The van der Waals surface area contributed by atoms with Crippen LogP contribution in [0.3, 0.4) is 0 Å². The van der Waals surface area contributed by atoms with Crippen LogP contribution in [-0.2, 0) is 9.47 Å². The van der Waals surface area contributed by atoms with Crippen molar-refractivity contribution in [3.8, 4) is 5.75 Å². The summed E-state index contributed by atoms with van der Waals surface area (Å²) in [6.07, 6.45) is -1.50. The highest BCUT2D eigenvalue weighted by molar-refractivity contribution is 5.61. The van der Waals surface area contributed by atoms with Crippen LogP contribution in [0.4, 0.5) is 9.18 Å². The standard InChI is InChI=1S/C9H7FO4/c10-6-1-3-7(4-2-6)13-8-5-12-9(11)14-8/h1-4,8H,5H2. The van der Waals surface area contributed by atoms with Crippen molar-refractivity contribution in [1.82, 2.24) is 0 Å². The van der Waals surface area contributed by atoms with Crippen LogP contribution >= 0.6 is 0 Å². The zero-order valence-corrected chi connectivity index (χ0v) is 7.10. The van der Waals surface area contributed by atoms with Crippen molar-refractivity contribution in [3.05, 3.63) is 30.1 Å². The molecule has 1 aromatic carbocycles.